The van der Waals surface area contributed by atoms with E-state index >= 15 is 0 Å². The zero-order valence-electron chi connectivity index (χ0n) is 13.5. The van der Waals surface area contributed by atoms with E-state index in [1.807, 2.05) is 24.3 Å². The number of nitrogens with zero attached hydrogens (tertiary/aromatic N) is 3. The molecule has 3 aromatic rings. The molecule has 0 atom stereocenters. The minimum Gasteiger partial charge on any atom is -0.334 e. The summed E-state index contributed by atoms with van der Waals surface area (Å²) in [4.78, 5) is 18.9. The Morgan fingerprint density at radius 3 is 2.67 bits per heavy atom. The molecule has 4 nitrogen and oxygen atoms in total. The first-order chi connectivity index (χ1) is 11.5. The van der Waals surface area contributed by atoms with E-state index in [0.29, 0.717) is 17.1 Å². The standard InChI is InChI=1S/C18H17Cl2N3O/c1-3-23-15-10-5-4-9-14(15)21-16(23)11-22(2)18(24)12-7-6-8-13(19)17(12)20/h4-10H,3,11H2,1-2H3. The SMILES string of the molecule is CCn1c(CN(C)C(=O)c2cccc(Cl)c2Cl)nc2ccccc21. The van der Waals surface area contributed by atoms with Crippen LogP contribution in [0, 0.1) is 0 Å². The molecule has 0 radical (unpaired) electrons. The summed E-state index contributed by atoms with van der Waals surface area (Å²) >= 11 is 12.2. The molecule has 0 saturated heterocycles. The molecular weight excluding hydrogens is 345 g/mol. The predicted molar refractivity (Wildman–Crippen MR) is 97.7 cm³/mol. The lowest BCUT2D eigenvalue weighted by molar-refractivity contribution is 0.0780. The van der Waals surface area contributed by atoms with Crippen molar-refractivity contribution in [2.75, 3.05) is 7.05 Å². The summed E-state index contributed by atoms with van der Waals surface area (Å²) in [6, 6.07) is 13.0. The van der Waals surface area contributed by atoms with Gasteiger partial charge in [0.15, 0.2) is 0 Å². The van der Waals surface area contributed by atoms with Crippen LogP contribution >= 0.6 is 23.2 Å². The second kappa shape index (κ2) is 6.83. The highest BCUT2D eigenvalue weighted by atomic mass is 35.5. The fraction of sp³-hybridized carbons (Fsp3) is 0.222. The van der Waals surface area contributed by atoms with Crippen molar-refractivity contribution in [1.29, 1.82) is 0 Å². The average Bonchev–Trinajstić information content (AvgIpc) is 2.93. The summed E-state index contributed by atoms with van der Waals surface area (Å²) in [5.41, 5.74) is 2.39. The van der Waals surface area contributed by atoms with Gasteiger partial charge in [0.1, 0.15) is 5.82 Å². The molecule has 0 aliphatic rings. The highest BCUT2D eigenvalue weighted by molar-refractivity contribution is 6.43. The molecule has 124 valence electrons. The summed E-state index contributed by atoms with van der Waals surface area (Å²) in [6.45, 7) is 3.24. The van der Waals surface area contributed by atoms with Gasteiger partial charge in [0.25, 0.3) is 5.91 Å². The number of imidazole rings is 1. The summed E-state index contributed by atoms with van der Waals surface area (Å²) in [6.07, 6.45) is 0. The zero-order valence-corrected chi connectivity index (χ0v) is 15.0. The number of carbonyl (C=O) groups excluding carboxylic acids is 1. The molecule has 0 bridgehead atoms. The molecule has 0 spiro atoms. The molecule has 1 amide bonds. The number of para-hydroxylation sites is 2. The maximum atomic E-state index is 12.7. The number of rotatable bonds is 4. The number of hydrogen-bond donors (Lipinski definition) is 0. The molecule has 1 aromatic heterocycles. The Morgan fingerprint density at radius 1 is 1.17 bits per heavy atom. The number of aromatic nitrogens is 2. The molecule has 1 heterocycles. The van der Waals surface area contributed by atoms with Crippen LogP contribution in [-0.2, 0) is 13.1 Å². The third-order valence-electron chi connectivity index (χ3n) is 3.96. The summed E-state index contributed by atoms with van der Waals surface area (Å²) in [5.74, 6) is 0.657. The third kappa shape index (κ3) is 2.99. The molecule has 0 saturated carbocycles. The number of carbonyl (C=O) groups is 1. The quantitative estimate of drug-likeness (QED) is 0.678. The first-order valence-electron chi connectivity index (χ1n) is 7.66. The molecule has 0 fully saturated rings. The summed E-state index contributed by atoms with van der Waals surface area (Å²) in [5, 5.41) is 0.650. The molecule has 0 N–H and O–H groups in total. The van der Waals surface area contributed by atoms with E-state index in [4.69, 9.17) is 23.2 Å². The fourth-order valence-electron chi connectivity index (χ4n) is 2.76. The van der Waals surface area contributed by atoms with Crippen LogP contribution in [0.5, 0.6) is 0 Å². The topological polar surface area (TPSA) is 38.1 Å². The number of hydrogen-bond acceptors (Lipinski definition) is 2. The van der Waals surface area contributed by atoms with E-state index in [9.17, 15) is 4.79 Å². The van der Waals surface area contributed by atoms with Gasteiger partial charge in [-0.2, -0.15) is 0 Å². The fourth-order valence-corrected chi connectivity index (χ4v) is 3.14. The van der Waals surface area contributed by atoms with E-state index in [1.54, 1.807) is 30.1 Å². The molecule has 24 heavy (non-hydrogen) atoms. The van der Waals surface area contributed by atoms with Crippen molar-refractivity contribution in [3.63, 3.8) is 0 Å². The number of aryl methyl sites for hydroxylation is 1. The van der Waals surface area contributed by atoms with Crippen molar-refractivity contribution in [2.45, 2.75) is 20.0 Å². The Labute approximate surface area is 150 Å². The molecule has 3 rings (SSSR count). The van der Waals surface area contributed by atoms with E-state index in [-0.39, 0.29) is 10.9 Å². The lowest BCUT2D eigenvalue weighted by Gasteiger charge is -2.18. The zero-order chi connectivity index (χ0) is 17.3. The van der Waals surface area contributed by atoms with Crippen LogP contribution in [0.4, 0.5) is 0 Å². The summed E-state index contributed by atoms with van der Waals surface area (Å²) in [7, 11) is 1.74. The maximum Gasteiger partial charge on any atom is 0.255 e. The molecule has 2 aromatic carbocycles. The van der Waals surface area contributed by atoms with Crippen molar-refractivity contribution in [3.05, 3.63) is 63.9 Å². The normalized spacial score (nSPS) is 11.0. The average molecular weight is 362 g/mol. The van der Waals surface area contributed by atoms with Crippen LogP contribution in [-0.4, -0.2) is 27.4 Å². The second-order valence-electron chi connectivity index (χ2n) is 5.52. The van der Waals surface area contributed by atoms with Crippen molar-refractivity contribution in [2.24, 2.45) is 0 Å². The molecule has 0 unspecified atom stereocenters. The van der Waals surface area contributed by atoms with Gasteiger partial charge in [-0.15, -0.1) is 0 Å². The Kier molecular flexibility index (Phi) is 4.78. The number of fused-ring (bicyclic) bond motifs is 1. The van der Waals surface area contributed by atoms with E-state index in [1.165, 1.54) is 0 Å². The lowest BCUT2D eigenvalue weighted by Crippen LogP contribution is -2.28. The van der Waals surface area contributed by atoms with Gasteiger partial charge in [0.05, 0.1) is 33.2 Å². The molecule has 6 heteroatoms. The number of benzene rings is 2. The lowest BCUT2D eigenvalue weighted by atomic mass is 10.2. The smallest absolute Gasteiger partial charge is 0.255 e. The van der Waals surface area contributed by atoms with Gasteiger partial charge >= 0.3 is 0 Å². The third-order valence-corrected chi connectivity index (χ3v) is 4.78. The van der Waals surface area contributed by atoms with Crippen LogP contribution in [0.25, 0.3) is 11.0 Å². The van der Waals surface area contributed by atoms with Gasteiger partial charge in [0.2, 0.25) is 0 Å². The predicted octanol–water partition coefficient (Wildman–Crippen LogP) is 4.64. The van der Waals surface area contributed by atoms with Crippen molar-refractivity contribution >= 4 is 40.1 Å². The van der Waals surface area contributed by atoms with E-state index in [2.05, 4.69) is 16.5 Å². The maximum absolute atomic E-state index is 12.7. The molecule has 0 aliphatic heterocycles. The first-order valence-corrected chi connectivity index (χ1v) is 8.42. The number of halogens is 2. The van der Waals surface area contributed by atoms with Gasteiger partial charge in [0, 0.05) is 13.6 Å². The number of amides is 1. The second-order valence-corrected chi connectivity index (χ2v) is 6.31. The Morgan fingerprint density at radius 2 is 1.92 bits per heavy atom. The highest BCUT2D eigenvalue weighted by Gasteiger charge is 2.19. The van der Waals surface area contributed by atoms with E-state index < -0.39 is 0 Å². The minimum atomic E-state index is -0.183. The monoisotopic (exact) mass is 361 g/mol. The van der Waals surface area contributed by atoms with Crippen molar-refractivity contribution in [1.82, 2.24) is 14.5 Å². The largest absolute Gasteiger partial charge is 0.334 e. The molecular formula is C18H17Cl2N3O. The van der Waals surface area contributed by atoms with E-state index in [0.717, 1.165) is 23.4 Å². The van der Waals surface area contributed by atoms with Crippen LogP contribution in [0.2, 0.25) is 10.0 Å². The van der Waals surface area contributed by atoms with Crippen LogP contribution in [0.15, 0.2) is 42.5 Å². The first kappa shape index (κ1) is 16.8. The Balaban J connectivity index is 1.91. The van der Waals surface area contributed by atoms with Crippen molar-refractivity contribution < 1.29 is 4.79 Å². The minimum absolute atomic E-state index is 0.183. The van der Waals surface area contributed by atoms with Crippen LogP contribution in [0.1, 0.15) is 23.1 Å². The van der Waals surface area contributed by atoms with Gasteiger partial charge in [-0.1, -0.05) is 41.4 Å². The van der Waals surface area contributed by atoms with Crippen molar-refractivity contribution in [3.8, 4) is 0 Å². The van der Waals surface area contributed by atoms with Crippen LogP contribution < -0.4 is 0 Å². The highest BCUT2D eigenvalue weighted by Crippen LogP contribution is 2.27. The Hall–Kier alpha value is -2.04. The molecule has 0 aliphatic carbocycles. The van der Waals surface area contributed by atoms with Gasteiger partial charge in [-0.3, -0.25) is 4.79 Å². The Bertz CT molecular complexity index is 904. The van der Waals surface area contributed by atoms with Gasteiger partial charge in [-0.05, 0) is 31.2 Å². The van der Waals surface area contributed by atoms with Gasteiger partial charge < -0.3 is 9.47 Å². The summed E-state index contributed by atoms with van der Waals surface area (Å²) < 4.78 is 2.11. The van der Waals surface area contributed by atoms with Crippen LogP contribution in [0.3, 0.4) is 0 Å². The van der Waals surface area contributed by atoms with Gasteiger partial charge in [-0.25, -0.2) is 4.98 Å².